The number of carbonyl (C=O) groups excluding carboxylic acids is 1. The molecule has 8 nitrogen and oxygen atoms in total. The molecule has 0 radical (unpaired) electrons. The third-order valence-corrected chi connectivity index (χ3v) is 5.54. The van der Waals surface area contributed by atoms with E-state index in [9.17, 15) is 4.79 Å². The monoisotopic (exact) mass is 413 g/mol. The molecule has 1 N–H and O–H groups in total. The van der Waals surface area contributed by atoms with Crippen LogP contribution in [0.25, 0.3) is 11.4 Å². The zero-order chi connectivity index (χ0) is 18.9. The molecule has 2 aromatic heterocycles. The summed E-state index contributed by atoms with van der Waals surface area (Å²) in [4.78, 5) is 14.8. The van der Waals surface area contributed by atoms with E-state index in [-0.39, 0.29) is 18.3 Å². The van der Waals surface area contributed by atoms with E-state index in [0.29, 0.717) is 31.4 Å². The highest BCUT2D eigenvalue weighted by molar-refractivity contribution is 5.92. The van der Waals surface area contributed by atoms with Gasteiger partial charge < -0.3 is 14.8 Å². The first-order valence-corrected chi connectivity index (χ1v) is 9.82. The molecule has 0 bridgehead atoms. The Morgan fingerprint density at radius 2 is 1.97 bits per heavy atom. The fourth-order valence-corrected chi connectivity index (χ4v) is 4.01. The van der Waals surface area contributed by atoms with Crippen molar-refractivity contribution in [2.75, 3.05) is 19.6 Å². The normalized spacial score (nSPS) is 18.8. The maximum absolute atomic E-state index is 13.0. The minimum atomic E-state index is -0.0435. The molecule has 2 aliphatic rings. The lowest BCUT2D eigenvalue weighted by Gasteiger charge is -2.27. The highest BCUT2D eigenvalue weighted by Gasteiger charge is 2.27. The maximum atomic E-state index is 13.0. The number of hydrogen-bond acceptors (Lipinski definition) is 5. The van der Waals surface area contributed by atoms with Gasteiger partial charge in [-0.15, -0.1) is 22.6 Å². The molecule has 152 valence electrons. The largest absolute Gasteiger partial charge is 0.328 e. The van der Waals surface area contributed by atoms with E-state index in [2.05, 4.69) is 25.2 Å². The van der Waals surface area contributed by atoms with Crippen molar-refractivity contribution in [3.63, 3.8) is 0 Å². The van der Waals surface area contributed by atoms with Gasteiger partial charge in [-0.2, -0.15) is 5.10 Å². The number of rotatable bonds is 3. The molecule has 1 amide bonds. The van der Waals surface area contributed by atoms with Gasteiger partial charge in [0.05, 0.1) is 12.6 Å². The number of halogens is 1. The van der Waals surface area contributed by atoms with Gasteiger partial charge in [0.2, 0.25) is 0 Å². The van der Waals surface area contributed by atoms with Crippen LogP contribution in [0.1, 0.15) is 35.2 Å². The Kier molecular flexibility index (Phi) is 5.64. The second kappa shape index (κ2) is 8.34. The molecule has 3 aromatic rings. The number of fused-ring (bicyclic) bond motifs is 1. The van der Waals surface area contributed by atoms with Crippen LogP contribution in [0.3, 0.4) is 0 Å². The highest BCUT2D eigenvalue weighted by atomic mass is 35.5. The molecule has 29 heavy (non-hydrogen) atoms. The molecule has 1 aromatic carbocycles. The topological polar surface area (TPSA) is 80.9 Å². The number of carbonyl (C=O) groups is 1. The van der Waals surface area contributed by atoms with Gasteiger partial charge in [-0.1, -0.05) is 30.3 Å². The molecule has 1 saturated heterocycles. The van der Waals surface area contributed by atoms with Gasteiger partial charge in [0.1, 0.15) is 5.69 Å². The number of benzene rings is 1. The Labute approximate surface area is 175 Å². The van der Waals surface area contributed by atoms with Crippen LogP contribution in [-0.4, -0.2) is 55.0 Å². The van der Waals surface area contributed by atoms with E-state index >= 15 is 0 Å². The summed E-state index contributed by atoms with van der Waals surface area (Å²) in [5.41, 5.74) is 1.54. The fourth-order valence-electron chi connectivity index (χ4n) is 4.01. The van der Waals surface area contributed by atoms with Crippen molar-refractivity contribution in [3.05, 3.63) is 54.1 Å². The standard InChI is InChI=1S/C20H23N7O.ClH/c28-20(17-8-10-27(24-17)16-7-4-9-21-13-16)25-11-12-26-18(14-25)22-23-19(26)15-5-2-1-3-6-15;/h1-3,5-6,8,10,16,21H,4,7,9,11-14H2;1H. The molecule has 1 atom stereocenters. The van der Waals surface area contributed by atoms with Gasteiger partial charge in [0, 0.05) is 31.4 Å². The molecule has 0 spiro atoms. The molecule has 1 fully saturated rings. The van der Waals surface area contributed by atoms with Crippen molar-refractivity contribution < 1.29 is 4.79 Å². The summed E-state index contributed by atoms with van der Waals surface area (Å²) >= 11 is 0. The summed E-state index contributed by atoms with van der Waals surface area (Å²) in [6, 6.07) is 12.2. The van der Waals surface area contributed by atoms with Crippen molar-refractivity contribution in [2.24, 2.45) is 0 Å². The molecular weight excluding hydrogens is 390 g/mol. The number of nitrogens with zero attached hydrogens (tertiary/aromatic N) is 6. The van der Waals surface area contributed by atoms with Gasteiger partial charge in [0.15, 0.2) is 11.6 Å². The summed E-state index contributed by atoms with van der Waals surface area (Å²) in [5.74, 6) is 1.63. The second-order valence-electron chi connectivity index (χ2n) is 7.37. The summed E-state index contributed by atoms with van der Waals surface area (Å²) in [6.45, 7) is 3.73. The average Bonchev–Trinajstić information content (AvgIpc) is 3.41. The quantitative estimate of drug-likeness (QED) is 0.711. The zero-order valence-electron chi connectivity index (χ0n) is 16.1. The van der Waals surface area contributed by atoms with Crippen molar-refractivity contribution >= 4 is 18.3 Å². The lowest BCUT2D eigenvalue weighted by atomic mass is 10.1. The molecule has 4 heterocycles. The van der Waals surface area contributed by atoms with Gasteiger partial charge in [0.25, 0.3) is 5.91 Å². The Morgan fingerprint density at radius 1 is 1.10 bits per heavy atom. The van der Waals surface area contributed by atoms with Crippen LogP contribution in [0.15, 0.2) is 42.6 Å². The summed E-state index contributed by atoms with van der Waals surface area (Å²) in [7, 11) is 0. The Bertz CT molecular complexity index is 978. The third kappa shape index (κ3) is 3.77. The smallest absolute Gasteiger partial charge is 0.274 e. The highest BCUT2D eigenvalue weighted by Crippen LogP contribution is 2.22. The first-order chi connectivity index (χ1) is 13.8. The van der Waals surface area contributed by atoms with E-state index < -0.39 is 0 Å². The van der Waals surface area contributed by atoms with Gasteiger partial charge in [-0.05, 0) is 25.5 Å². The van der Waals surface area contributed by atoms with Crippen LogP contribution in [0.4, 0.5) is 0 Å². The van der Waals surface area contributed by atoms with Crippen molar-refractivity contribution in [2.45, 2.75) is 32.0 Å². The molecule has 1 unspecified atom stereocenters. The fraction of sp³-hybridized carbons (Fsp3) is 0.400. The summed E-state index contributed by atoms with van der Waals surface area (Å²) in [5, 5.41) is 16.6. The van der Waals surface area contributed by atoms with Crippen LogP contribution in [0, 0.1) is 0 Å². The third-order valence-electron chi connectivity index (χ3n) is 5.54. The van der Waals surface area contributed by atoms with Crippen LogP contribution in [-0.2, 0) is 13.1 Å². The molecule has 5 rings (SSSR count). The molecule has 0 saturated carbocycles. The van der Waals surface area contributed by atoms with Crippen LogP contribution in [0.2, 0.25) is 0 Å². The maximum Gasteiger partial charge on any atom is 0.274 e. The number of aromatic nitrogens is 5. The first kappa shape index (κ1) is 19.6. The first-order valence-electron chi connectivity index (χ1n) is 9.82. The SMILES string of the molecule is Cl.O=C(c1ccn(C2CCCNC2)n1)N1CCn2c(nnc2-c2ccccc2)C1. The minimum absolute atomic E-state index is 0. The van der Waals surface area contributed by atoms with Crippen molar-refractivity contribution in [1.82, 2.24) is 34.8 Å². The van der Waals surface area contributed by atoms with Crippen LogP contribution >= 0.6 is 12.4 Å². The van der Waals surface area contributed by atoms with E-state index in [1.807, 2.05) is 52.2 Å². The van der Waals surface area contributed by atoms with Gasteiger partial charge in [-0.25, -0.2) is 0 Å². The number of hydrogen-bond donors (Lipinski definition) is 1. The number of nitrogens with one attached hydrogen (secondary N) is 1. The molecule has 0 aliphatic carbocycles. The number of piperidine rings is 1. The predicted octanol–water partition coefficient (Wildman–Crippen LogP) is 2.14. The van der Waals surface area contributed by atoms with Crippen molar-refractivity contribution in [3.8, 4) is 11.4 Å². The zero-order valence-corrected chi connectivity index (χ0v) is 16.9. The molecule has 2 aliphatic heterocycles. The summed E-state index contributed by atoms with van der Waals surface area (Å²) in [6.07, 6.45) is 4.15. The summed E-state index contributed by atoms with van der Waals surface area (Å²) < 4.78 is 4.03. The second-order valence-corrected chi connectivity index (χ2v) is 7.37. The van der Waals surface area contributed by atoms with E-state index in [1.54, 1.807) is 0 Å². The van der Waals surface area contributed by atoms with E-state index in [1.165, 1.54) is 0 Å². The van der Waals surface area contributed by atoms with Gasteiger partial charge >= 0.3 is 0 Å². The molecular formula is C20H24ClN7O. The minimum Gasteiger partial charge on any atom is -0.328 e. The predicted molar refractivity (Wildman–Crippen MR) is 111 cm³/mol. The van der Waals surface area contributed by atoms with Crippen LogP contribution < -0.4 is 5.32 Å². The van der Waals surface area contributed by atoms with Crippen molar-refractivity contribution in [1.29, 1.82) is 0 Å². The average molecular weight is 414 g/mol. The van der Waals surface area contributed by atoms with Crippen LogP contribution in [0.5, 0.6) is 0 Å². The van der Waals surface area contributed by atoms with Gasteiger partial charge in [-0.3, -0.25) is 9.48 Å². The Hall–Kier alpha value is -2.71. The Morgan fingerprint density at radius 3 is 2.76 bits per heavy atom. The number of amides is 1. The Balaban J connectivity index is 0.00000205. The molecule has 9 heteroatoms. The lowest BCUT2D eigenvalue weighted by Crippen LogP contribution is -2.39. The van der Waals surface area contributed by atoms with E-state index in [4.69, 9.17) is 0 Å². The lowest BCUT2D eigenvalue weighted by molar-refractivity contribution is 0.0700. The van der Waals surface area contributed by atoms with E-state index in [0.717, 1.165) is 43.1 Å².